The van der Waals surface area contributed by atoms with Crippen molar-refractivity contribution in [2.75, 3.05) is 27.2 Å². The van der Waals surface area contributed by atoms with E-state index in [9.17, 15) is 9.59 Å². The normalized spacial score (nSPS) is 15.0. The Kier molecular flexibility index (Phi) is 7.17. The van der Waals surface area contributed by atoms with Crippen LogP contribution in [0.3, 0.4) is 0 Å². The maximum Gasteiger partial charge on any atom is 0.263 e. The lowest BCUT2D eigenvalue weighted by atomic mass is 9.97. The van der Waals surface area contributed by atoms with Crippen molar-refractivity contribution in [2.45, 2.75) is 62.9 Å². The molecule has 2 aromatic heterocycles. The first-order chi connectivity index (χ1) is 13.4. The van der Waals surface area contributed by atoms with Gasteiger partial charge in [0.2, 0.25) is 5.91 Å². The summed E-state index contributed by atoms with van der Waals surface area (Å²) in [5, 5.41) is 4.04. The number of carbonyl (C=O) groups excluding carboxylic acids is 1. The van der Waals surface area contributed by atoms with Crippen molar-refractivity contribution in [3.05, 3.63) is 20.8 Å². The molecule has 0 spiro atoms. The predicted molar refractivity (Wildman–Crippen MR) is 118 cm³/mol. The molecule has 8 heteroatoms. The van der Waals surface area contributed by atoms with E-state index in [0.29, 0.717) is 18.2 Å². The van der Waals surface area contributed by atoms with Crippen LogP contribution in [-0.4, -0.2) is 52.8 Å². The first kappa shape index (κ1) is 21.3. The fourth-order valence-corrected chi connectivity index (χ4v) is 5.84. The number of nitrogens with zero attached hydrogens (tertiary/aromatic N) is 3. The third-order valence-electron chi connectivity index (χ3n) is 5.03. The monoisotopic (exact) mass is 422 g/mol. The molecule has 0 radical (unpaired) electrons. The van der Waals surface area contributed by atoms with Gasteiger partial charge < -0.3 is 10.2 Å². The van der Waals surface area contributed by atoms with E-state index in [4.69, 9.17) is 4.98 Å². The zero-order valence-electron chi connectivity index (χ0n) is 17.2. The standard InChI is InChI=1S/C20H30N4O2S2/c1-5-21-17(25)13(2)27-20-22-18-16(14-9-6-7-10-15(14)28-18)19(26)24(20)12-8-11-23(3)4/h13H,5-12H2,1-4H3,(H,21,25)/t13-/m1/s1. The number of carbonyl (C=O) groups is 1. The van der Waals surface area contributed by atoms with Gasteiger partial charge >= 0.3 is 0 Å². The third kappa shape index (κ3) is 4.60. The van der Waals surface area contributed by atoms with E-state index in [1.807, 2.05) is 27.9 Å². The largest absolute Gasteiger partial charge is 0.355 e. The highest BCUT2D eigenvalue weighted by atomic mass is 32.2. The Bertz CT molecular complexity index is 904. The Morgan fingerprint density at radius 2 is 2.11 bits per heavy atom. The average Bonchev–Trinajstić information content (AvgIpc) is 3.02. The van der Waals surface area contributed by atoms with Gasteiger partial charge in [0.25, 0.3) is 5.56 Å². The summed E-state index contributed by atoms with van der Waals surface area (Å²) in [5.74, 6) is -0.0211. The molecule has 0 aromatic carbocycles. The van der Waals surface area contributed by atoms with Gasteiger partial charge in [-0.1, -0.05) is 11.8 Å². The highest BCUT2D eigenvalue weighted by Gasteiger charge is 2.24. The Hall–Kier alpha value is -1.38. The maximum absolute atomic E-state index is 13.4. The molecule has 1 aliphatic carbocycles. The minimum Gasteiger partial charge on any atom is -0.355 e. The minimum absolute atomic E-state index is 0.0211. The topological polar surface area (TPSA) is 67.2 Å². The van der Waals surface area contributed by atoms with Gasteiger partial charge in [-0.15, -0.1) is 11.3 Å². The predicted octanol–water partition coefficient (Wildman–Crippen LogP) is 2.91. The van der Waals surface area contributed by atoms with Crippen molar-refractivity contribution in [3.63, 3.8) is 0 Å². The van der Waals surface area contributed by atoms with Crippen LogP contribution in [0.4, 0.5) is 0 Å². The van der Waals surface area contributed by atoms with Gasteiger partial charge in [-0.3, -0.25) is 14.2 Å². The first-order valence-corrected chi connectivity index (χ1v) is 11.8. The highest BCUT2D eigenvalue weighted by molar-refractivity contribution is 8.00. The van der Waals surface area contributed by atoms with Gasteiger partial charge in [-0.25, -0.2) is 4.98 Å². The molecule has 2 aromatic rings. The lowest BCUT2D eigenvalue weighted by Crippen LogP contribution is -2.32. The van der Waals surface area contributed by atoms with Crippen LogP contribution in [0.15, 0.2) is 9.95 Å². The van der Waals surface area contributed by atoms with Crippen molar-refractivity contribution >= 4 is 39.2 Å². The number of amides is 1. The summed E-state index contributed by atoms with van der Waals surface area (Å²) in [4.78, 5) is 34.8. The van der Waals surface area contributed by atoms with Crippen molar-refractivity contribution in [1.29, 1.82) is 0 Å². The summed E-state index contributed by atoms with van der Waals surface area (Å²) in [5.41, 5.74) is 1.28. The SMILES string of the molecule is CCNC(=O)[C@@H](C)Sc1nc2sc3c(c2c(=O)n1CCCN(C)C)CCCC3. The molecule has 6 nitrogen and oxygen atoms in total. The second-order valence-corrected chi connectivity index (χ2v) is 9.95. The summed E-state index contributed by atoms with van der Waals surface area (Å²) in [6.07, 6.45) is 5.23. The van der Waals surface area contributed by atoms with Gasteiger partial charge in [-0.05, 0) is 72.2 Å². The summed E-state index contributed by atoms with van der Waals surface area (Å²) in [6.45, 7) is 5.91. The quantitative estimate of drug-likeness (QED) is 0.523. The average molecular weight is 423 g/mol. The number of rotatable bonds is 8. The Morgan fingerprint density at radius 1 is 1.36 bits per heavy atom. The molecule has 2 heterocycles. The van der Waals surface area contributed by atoms with Crippen molar-refractivity contribution in [3.8, 4) is 0 Å². The van der Waals surface area contributed by atoms with E-state index in [0.717, 1.165) is 42.4 Å². The van der Waals surface area contributed by atoms with Crippen LogP contribution in [0.2, 0.25) is 0 Å². The summed E-state index contributed by atoms with van der Waals surface area (Å²) < 4.78 is 1.80. The molecule has 0 unspecified atom stereocenters. The molecular formula is C20H30N4O2S2. The van der Waals surface area contributed by atoms with E-state index in [-0.39, 0.29) is 16.7 Å². The maximum atomic E-state index is 13.4. The zero-order chi connectivity index (χ0) is 20.3. The summed E-state index contributed by atoms with van der Waals surface area (Å²) in [6, 6.07) is 0. The van der Waals surface area contributed by atoms with Gasteiger partial charge in [0.1, 0.15) is 4.83 Å². The van der Waals surface area contributed by atoms with E-state index in [1.165, 1.54) is 28.6 Å². The number of hydrogen-bond donors (Lipinski definition) is 1. The lowest BCUT2D eigenvalue weighted by molar-refractivity contribution is -0.120. The second-order valence-electron chi connectivity index (χ2n) is 7.55. The number of thioether (sulfide) groups is 1. The number of thiophene rings is 1. The molecule has 1 N–H and O–H groups in total. The van der Waals surface area contributed by atoms with Crippen LogP contribution in [0.25, 0.3) is 10.2 Å². The van der Waals surface area contributed by atoms with E-state index >= 15 is 0 Å². The van der Waals surface area contributed by atoms with Gasteiger partial charge in [0, 0.05) is 18.0 Å². The van der Waals surface area contributed by atoms with Crippen LogP contribution in [0.5, 0.6) is 0 Å². The molecule has 1 atom stereocenters. The van der Waals surface area contributed by atoms with Crippen LogP contribution in [0.1, 0.15) is 43.6 Å². The van der Waals surface area contributed by atoms with Crippen LogP contribution < -0.4 is 10.9 Å². The van der Waals surface area contributed by atoms with E-state index < -0.39 is 0 Å². The van der Waals surface area contributed by atoms with Crippen LogP contribution in [-0.2, 0) is 24.2 Å². The first-order valence-electron chi connectivity index (χ1n) is 10.1. The fourth-order valence-electron chi connectivity index (χ4n) is 3.58. The highest BCUT2D eigenvalue weighted by Crippen LogP contribution is 2.35. The Balaban J connectivity index is 2.01. The molecule has 28 heavy (non-hydrogen) atoms. The molecule has 3 rings (SSSR count). The van der Waals surface area contributed by atoms with Crippen molar-refractivity contribution in [2.24, 2.45) is 0 Å². The second kappa shape index (κ2) is 9.41. The lowest BCUT2D eigenvalue weighted by Gasteiger charge is -2.17. The minimum atomic E-state index is -0.293. The number of aromatic nitrogens is 2. The molecule has 154 valence electrons. The molecule has 0 saturated carbocycles. The Labute approximate surface area is 174 Å². The molecule has 0 fully saturated rings. The fraction of sp³-hybridized carbons (Fsp3) is 0.650. The van der Waals surface area contributed by atoms with E-state index in [2.05, 4.69) is 10.2 Å². The van der Waals surface area contributed by atoms with Gasteiger partial charge in [0.05, 0.1) is 10.6 Å². The molecule has 1 amide bonds. The molecule has 1 aliphatic rings. The number of hydrogen-bond acceptors (Lipinski definition) is 6. The number of fused-ring (bicyclic) bond motifs is 3. The third-order valence-corrected chi connectivity index (χ3v) is 7.31. The van der Waals surface area contributed by atoms with Crippen LogP contribution >= 0.6 is 23.1 Å². The van der Waals surface area contributed by atoms with Gasteiger partial charge in [0.15, 0.2) is 5.16 Å². The summed E-state index contributed by atoms with van der Waals surface area (Å²) >= 11 is 3.05. The van der Waals surface area contributed by atoms with Gasteiger partial charge in [-0.2, -0.15) is 0 Å². The molecule has 0 saturated heterocycles. The Morgan fingerprint density at radius 3 is 2.82 bits per heavy atom. The van der Waals surface area contributed by atoms with Crippen molar-refractivity contribution < 1.29 is 4.79 Å². The molecule has 0 bridgehead atoms. The zero-order valence-corrected chi connectivity index (χ0v) is 18.8. The smallest absolute Gasteiger partial charge is 0.263 e. The number of nitrogens with one attached hydrogen (secondary N) is 1. The summed E-state index contributed by atoms with van der Waals surface area (Å²) in [7, 11) is 4.07. The van der Waals surface area contributed by atoms with Crippen LogP contribution in [0, 0.1) is 0 Å². The number of aryl methyl sites for hydroxylation is 2. The van der Waals surface area contributed by atoms with E-state index in [1.54, 1.807) is 15.9 Å². The van der Waals surface area contributed by atoms with Crippen molar-refractivity contribution in [1.82, 2.24) is 19.8 Å². The molecule has 0 aliphatic heterocycles. The molecular weight excluding hydrogens is 392 g/mol.